The third kappa shape index (κ3) is 4.73. The third-order valence-electron chi connectivity index (χ3n) is 2.76. The second-order valence-corrected chi connectivity index (χ2v) is 4.61. The van der Waals surface area contributed by atoms with E-state index >= 15 is 0 Å². The molecule has 0 amide bonds. The molecule has 17 heavy (non-hydrogen) atoms. The molecule has 1 atom stereocenters. The largest absolute Gasteiger partial charge is 0.383 e. The third-order valence-corrected chi connectivity index (χ3v) is 3.46. The van der Waals surface area contributed by atoms with Crippen molar-refractivity contribution in [3.63, 3.8) is 0 Å². The van der Waals surface area contributed by atoms with Crippen LogP contribution in [0.3, 0.4) is 0 Å². The predicted octanol–water partition coefficient (Wildman–Crippen LogP) is 1.34. The summed E-state index contributed by atoms with van der Waals surface area (Å²) in [6.45, 7) is 3.79. The van der Waals surface area contributed by atoms with Gasteiger partial charge in [0.15, 0.2) is 0 Å². The summed E-state index contributed by atoms with van der Waals surface area (Å²) in [6, 6.07) is 2.39. The minimum absolute atomic E-state index is 0.256. The van der Waals surface area contributed by atoms with Gasteiger partial charge in [-0.25, -0.2) is 0 Å². The smallest absolute Gasteiger partial charge is 0.0589 e. The highest BCUT2D eigenvalue weighted by atomic mass is 32.1. The van der Waals surface area contributed by atoms with E-state index in [0.29, 0.717) is 19.8 Å². The normalized spacial score (nSPS) is 13.2. The average molecular weight is 258 g/mol. The molecule has 4 nitrogen and oxygen atoms in total. The van der Waals surface area contributed by atoms with Gasteiger partial charge in [-0.2, -0.15) is 11.3 Å². The topological polar surface area (TPSA) is 47.7 Å². The van der Waals surface area contributed by atoms with E-state index in [0.717, 1.165) is 13.1 Å². The van der Waals surface area contributed by atoms with Gasteiger partial charge in [-0.3, -0.25) is 4.90 Å². The summed E-state index contributed by atoms with van der Waals surface area (Å²) >= 11 is 1.70. The Kier molecular flexibility index (Phi) is 7.39. The summed E-state index contributed by atoms with van der Waals surface area (Å²) in [5.41, 5.74) is 7.17. The second-order valence-electron chi connectivity index (χ2n) is 3.83. The molecule has 0 aliphatic carbocycles. The van der Waals surface area contributed by atoms with Gasteiger partial charge in [0.2, 0.25) is 0 Å². The van der Waals surface area contributed by atoms with Crippen molar-refractivity contribution >= 4 is 11.3 Å². The van der Waals surface area contributed by atoms with Crippen LogP contribution >= 0.6 is 11.3 Å². The van der Waals surface area contributed by atoms with Crippen molar-refractivity contribution in [2.45, 2.75) is 6.04 Å². The lowest BCUT2D eigenvalue weighted by atomic mass is 10.1. The number of thiophene rings is 1. The van der Waals surface area contributed by atoms with Crippen LogP contribution in [0.15, 0.2) is 16.8 Å². The fourth-order valence-electron chi connectivity index (χ4n) is 1.80. The van der Waals surface area contributed by atoms with Crippen LogP contribution in [0.5, 0.6) is 0 Å². The fraction of sp³-hybridized carbons (Fsp3) is 0.667. The molecule has 98 valence electrons. The van der Waals surface area contributed by atoms with Gasteiger partial charge in [-0.15, -0.1) is 0 Å². The van der Waals surface area contributed by atoms with Crippen molar-refractivity contribution in [1.82, 2.24) is 4.90 Å². The van der Waals surface area contributed by atoms with Crippen molar-refractivity contribution in [3.05, 3.63) is 22.4 Å². The zero-order valence-electron chi connectivity index (χ0n) is 10.6. The molecule has 0 bridgehead atoms. The van der Waals surface area contributed by atoms with Gasteiger partial charge < -0.3 is 15.2 Å². The first kappa shape index (κ1) is 14.6. The zero-order chi connectivity index (χ0) is 12.5. The molecule has 0 spiro atoms. The van der Waals surface area contributed by atoms with Gasteiger partial charge in [0.25, 0.3) is 0 Å². The average Bonchev–Trinajstić information content (AvgIpc) is 2.86. The first-order chi connectivity index (χ1) is 8.33. The lowest BCUT2D eigenvalue weighted by molar-refractivity contribution is 0.0892. The molecule has 0 saturated heterocycles. The van der Waals surface area contributed by atoms with E-state index in [1.807, 2.05) is 0 Å². The highest BCUT2D eigenvalue weighted by Gasteiger charge is 2.18. The van der Waals surface area contributed by atoms with Crippen molar-refractivity contribution in [2.75, 3.05) is 47.1 Å². The molecule has 5 heteroatoms. The van der Waals surface area contributed by atoms with E-state index in [9.17, 15) is 0 Å². The molecule has 0 aliphatic heterocycles. The Labute approximate surface area is 107 Å². The molecule has 0 saturated carbocycles. The van der Waals surface area contributed by atoms with E-state index in [-0.39, 0.29) is 6.04 Å². The van der Waals surface area contributed by atoms with E-state index in [1.54, 1.807) is 25.6 Å². The molecule has 1 aromatic rings. The van der Waals surface area contributed by atoms with E-state index < -0.39 is 0 Å². The Hall–Kier alpha value is -0.460. The van der Waals surface area contributed by atoms with Crippen LogP contribution in [-0.2, 0) is 9.47 Å². The van der Waals surface area contributed by atoms with Crippen LogP contribution in [0.2, 0.25) is 0 Å². The maximum atomic E-state index is 5.89. The number of ether oxygens (including phenoxy) is 2. The van der Waals surface area contributed by atoms with Crippen molar-refractivity contribution in [3.8, 4) is 0 Å². The van der Waals surface area contributed by atoms with Crippen LogP contribution in [-0.4, -0.2) is 52.0 Å². The molecule has 0 fully saturated rings. The van der Waals surface area contributed by atoms with Crippen LogP contribution in [0.1, 0.15) is 11.6 Å². The summed E-state index contributed by atoms with van der Waals surface area (Å²) in [5.74, 6) is 0. The highest BCUT2D eigenvalue weighted by molar-refractivity contribution is 7.07. The number of rotatable bonds is 9. The summed E-state index contributed by atoms with van der Waals surface area (Å²) in [4.78, 5) is 2.31. The van der Waals surface area contributed by atoms with E-state index in [4.69, 9.17) is 15.2 Å². The quantitative estimate of drug-likeness (QED) is 0.726. The van der Waals surface area contributed by atoms with Crippen LogP contribution in [0.4, 0.5) is 0 Å². The Morgan fingerprint density at radius 2 is 1.94 bits per heavy atom. The maximum absolute atomic E-state index is 5.89. The van der Waals surface area contributed by atoms with Crippen molar-refractivity contribution in [2.24, 2.45) is 5.73 Å². The first-order valence-electron chi connectivity index (χ1n) is 5.77. The van der Waals surface area contributed by atoms with Gasteiger partial charge in [0.05, 0.1) is 13.2 Å². The van der Waals surface area contributed by atoms with Gasteiger partial charge in [0, 0.05) is 39.9 Å². The molecule has 2 N–H and O–H groups in total. The highest BCUT2D eigenvalue weighted by Crippen LogP contribution is 2.21. The lowest BCUT2D eigenvalue weighted by Crippen LogP contribution is -2.38. The first-order valence-corrected chi connectivity index (χ1v) is 6.71. The Morgan fingerprint density at radius 1 is 1.29 bits per heavy atom. The number of hydrogen-bond acceptors (Lipinski definition) is 5. The molecular weight excluding hydrogens is 236 g/mol. The number of methoxy groups -OCH3 is 2. The molecule has 1 aromatic heterocycles. The van der Waals surface area contributed by atoms with Crippen molar-refractivity contribution < 1.29 is 9.47 Å². The number of nitrogens with two attached hydrogens (primary N) is 1. The summed E-state index contributed by atoms with van der Waals surface area (Å²) in [7, 11) is 3.44. The summed E-state index contributed by atoms with van der Waals surface area (Å²) in [6.07, 6.45) is 0. The molecule has 0 radical (unpaired) electrons. The standard InChI is InChI=1S/C12H22N2O2S/c1-15-6-4-14(5-7-16-2)12(9-13)11-3-8-17-10-11/h3,8,10,12H,4-7,9,13H2,1-2H3. The Balaban J connectivity index is 2.63. The fourth-order valence-corrected chi connectivity index (χ4v) is 2.51. The van der Waals surface area contributed by atoms with Crippen LogP contribution in [0, 0.1) is 0 Å². The van der Waals surface area contributed by atoms with Gasteiger partial charge in [-0.1, -0.05) is 0 Å². The van der Waals surface area contributed by atoms with E-state index in [1.165, 1.54) is 5.56 Å². The molecule has 0 aliphatic rings. The van der Waals surface area contributed by atoms with E-state index in [2.05, 4.69) is 21.7 Å². The molecule has 0 aromatic carbocycles. The lowest BCUT2D eigenvalue weighted by Gasteiger charge is -2.30. The van der Waals surface area contributed by atoms with Crippen LogP contribution < -0.4 is 5.73 Å². The molecular formula is C12H22N2O2S. The van der Waals surface area contributed by atoms with Gasteiger partial charge in [-0.05, 0) is 22.4 Å². The molecule has 1 unspecified atom stereocenters. The van der Waals surface area contributed by atoms with Gasteiger partial charge >= 0.3 is 0 Å². The number of nitrogens with zero attached hydrogens (tertiary/aromatic N) is 1. The SMILES string of the molecule is COCCN(CCOC)C(CN)c1ccsc1. The minimum atomic E-state index is 0.256. The monoisotopic (exact) mass is 258 g/mol. The predicted molar refractivity (Wildman–Crippen MR) is 71.4 cm³/mol. The maximum Gasteiger partial charge on any atom is 0.0589 e. The summed E-state index contributed by atoms with van der Waals surface area (Å²) < 4.78 is 10.3. The minimum Gasteiger partial charge on any atom is -0.383 e. The molecule has 1 heterocycles. The molecule has 1 rings (SSSR count). The number of hydrogen-bond donors (Lipinski definition) is 1. The van der Waals surface area contributed by atoms with Crippen molar-refractivity contribution in [1.29, 1.82) is 0 Å². The van der Waals surface area contributed by atoms with Crippen LogP contribution in [0.25, 0.3) is 0 Å². The van der Waals surface area contributed by atoms with Gasteiger partial charge in [0.1, 0.15) is 0 Å². The Bertz CT molecular complexity index is 272. The summed E-state index contributed by atoms with van der Waals surface area (Å²) in [5, 5.41) is 4.24. The zero-order valence-corrected chi connectivity index (χ0v) is 11.4. The Morgan fingerprint density at radius 3 is 2.35 bits per heavy atom. The second kappa shape index (κ2) is 8.60.